The highest BCUT2D eigenvalue weighted by atomic mass is 32.2. The van der Waals surface area contributed by atoms with Crippen LogP contribution in [-0.4, -0.2) is 19.2 Å². The van der Waals surface area contributed by atoms with Crippen LogP contribution in [0.5, 0.6) is 0 Å². The van der Waals surface area contributed by atoms with Crippen LogP contribution in [0.4, 0.5) is 13.2 Å². The van der Waals surface area contributed by atoms with Gasteiger partial charge in [0.05, 0.1) is 27.4 Å². The van der Waals surface area contributed by atoms with Crippen molar-refractivity contribution in [3.05, 3.63) is 78.5 Å². The van der Waals surface area contributed by atoms with E-state index in [0.717, 1.165) is 29.7 Å². The monoisotopic (exact) mass is 377 g/mol. The van der Waals surface area contributed by atoms with Crippen molar-refractivity contribution >= 4 is 26.3 Å². The summed E-state index contributed by atoms with van der Waals surface area (Å²) < 4.78 is 62.8. The molecule has 3 rings (SSSR count). The molecule has 3 aromatic rings. The quantitative estimate of drug-likeness (QED) is 0.660. The number of rotatable bonds is 4. The predicted molar refractivity (Wildman–Crippen MR) is 94.3 cm³/mol. The van der Waals surface area contributed by atoms with Crippen LogP contribution < -0.4 is 0 Å². The van der Waals surface area contributed by atoms with E-state index in [9.17, 15) is 21.6 Å². The second kappa shape index (κ2) is 6.57. The number of para-hydroxylation sites is 1. The molecule has 0 bridgehead atoms. The summed E-state index contributed by atoms with van der Waals surface area (Å²) in [7, 11) is -3.83. The van der Waals surface area contributed by atoms with Gasteiger partial charge in [0.1, 0.15) is 0 Å². The molecule has 0 unspecified atom stereocenters. The number of hydrogen-bond acceptors (Lipinski definition) is 3. The lowest BCUT2D eigenvalue weighted by Crippen LogP contribution is -2.10. The molecule has 7 heteroatoms. The summed E-state index contributed by atoms with van der Waals surface area (Å²) in [4.78, 5) is 4.20. The number of pyridine rings is 1. The van der Waals surface area contributed by atoms with Crippen LogP contribution >= 0.6 is 0 Å². The normalized spacial score (nSPS) is 12.3. The number of fused-ring (bicyclic) bond motifs is 1. The zero-order chi connectivity index (χ0) is 18.9. The maximum absolute atomic E-state index is 12.6. The molecule has 2 aromatic carbocycles. The van der Waals surface area contributed by atoms with Crippen molar-refractivity contribution in [2.45, 2.75) is 11.1 Å². The first kappa shape index (κ1) is 18.1. The van der Waals surface area contributed by atoms with Crippen molar-refractivity contribution in [1.82, 2.24) is 4.98 Å². The molecule has 134 valence electrons. The van der Waals surface area contributed by atoms with E-state index in [4.69, 9.17) is 0 Å². The van der Waals surface area contributed by atoms with Gasteiger partial charge in [0, 0.05) is 5.39 Å². The van der Waals surface area contributed by atoms with Gasteiger partial charge in [0.2, 0.25) is 0 Å². The minimum atomic E-state index is -4.51. The Labute approximate surface area is 148 Å². The highest BCUT2D eigenvalue weighted by Gasteiger charge is 2.30. The Morgan fingerprint density at radius 3 is 2.27 bits per heavy atom. The largest absolute Gasteiger partial charge is 0.416 e. The minimum absolute atomic E-state index is 0.188. The van der Waals surface area contributed by atoms with Gasteiger partial charge >= 0.3 is 6.18 Å². The van der Waals surface area contributed by atoms with Crippen LogP contribution in [0.15, 0.2) is 72.1 Å². The Balaban J connectivity index is 1.84. The first-order valence-electron chi connectivity index (χ1n) is 7.61. The van der Waals surface area contributed by atoms with E-state index in [1.54, 1.807) is 12.1 Å². The molecule has 0 saturated carbocycles. The fraction of sp³-hybridized carbons (Fsp3) is 0.105. The molecule has 0 amide bonds. The topological polar surface area (TPSA) is 47.0 Å². The molecular formula is C19H14F3NO2S. The van der Waals surface area contributed by atoms with Crippen molar-refractivity contribution in [1.29, 1.82) is 0 Å². The Kier molecular flexibility index (Phi) is 4.58. The molecule has 1 heterocycles. The van der Waals surface area contributed by atoms with Crippen LogP contribution in [0.2, 0.25) is 0 Å². The summed E-state index contributed by atoms with van der Waals surface area (Å²) in [5, 5.41) is 0.912. The highest BCUT2D eigenvalue weighted by Crippen LogP contribution is 2.30. The van der Waals surface area contributed by atoms with Crippen LogP contribution in [0, 0.1) is 0 Å². The predicted octanol–water partition coefficient (Wildman–Crippen LogP) is 4.74. The number of aromatic nitrogens is 1. The summed E-state index contributed by atoms with van der Waals surface area (Å²) in [5.74, 6) is -0.427. The number of halogens is 3. The molecular weight excluding hydrogens is 363 g/mol. The molecule has 0 fully saturated rings. The lowest BCUT2D eigenvalue weighted by Gasteiger charge is -2.10. The van der Waals surface area contributed by atoms with E-state index in [0.29, 0.717) is 11.2 Å². The van der Waals surface area contributed by atoms with E-state index in [-0.39, 0.29) is 10.5 Å². The molecule has 0 atom stereocenters. The average Bonchev–Trinajstić information content (AvgIpc) is 2.60. The van der Waals surface area contributed by atoms with E-state index in [2.05, 4.69) is 11.6 Å². The summed E-state index contributed by atoms with van der Waals surface area (Å²) in [6.45, 7) is 3.78. The average molecular weight is 377 g/mol. The van der Waals surface area contributed by atoms with Gasteiger partial charge in [-0.2, -0.15) is 13.2 Å². The lowest BCUT2D eigenvalue weighted by atomic mass is 10.1. The fourth-order valence-electron chi connectivity index (χ4n) is 2.50. The van der Waals surface area contributed by atoms with Crippen molar-refractivity contribution in [2.24, 2.45) is 0 Å². The van der Waals surface area contributed by atoms with Crippen molar-refractivity contribution in [3.8, 4) is 0 Å². The number of nitrogens with zero attached hydrogens (tertiary/aromatic N) is 1. The first-order chi connectivity index (χ1) is 12.2. The van der Waals surface area contributed by atoms with Crippen LogP contribution in [0.25, 0.3) is 16.5 Å². The summed E-state index contributed by atoms with van der Waals surface area (Å²) >= 11 is 0. The van der Waals surface area contributed by atoms with E-state index in [1.807, 2.05) is 24.3 Å². The van der Waals surface area contributed by atoms with Gasteiger partial charge in [0.25, 0.3) is 0 Å². The third-order valence-corrected chi connectivity index (χ3v) is 5.58. The number of sulfone groups is 1. The van der Waals surface area contributed by atoms with Crippen LogP contribution in [0.3, 0.4) is 0 Å². The summed E-state index contributed by atoms with van der Waals surface area (Å²) in [6.07, 6.45) is -4.51. The smallest absolute Gasteiger partial charge is 0.248 e. The van der Waals surface area contributed by atoms with E-state index < -0.39 is 27.3 Å². The van der Waals surface area contributed by atoms with Gasteiger partial charge in [-0.3, -0.25) is 0 Å². The maximum atomic E-state index is 12.6. The molecule has 1 aromatic heterocycles. The minimum Gasteiger partial charge on any atom is -0.248 e. The van der Waals surface area contributed by atoms with Gasteiger partial charge < -0.3 is 0 Å². The molecule has 26 heavy (non-hydrogen) atoms. The molecule has 0 spiro atoms. The van der Waals surface area contributed by atoms with E-state index >= 15 is 0 Å². The van der Waals surface area contributed by atoms with Crippen LogP contribution in [0.1, 0.15) is 11.3 Å². The van der Waals surface area contributed by atoms with Crippen molar-refractivity contribution in [2.75, 3.05) is 5.75 Å². The maximum Gasteiger partial charge on any atom is 0.416 e. The van der Waals surface area contributed by atoms with Gasteiger partial charge in [-0.1, -0.05) is 30.8 Å². The van der Waals surface area contributed by atoms with Gasteiger partial charge in [0.15, 0.2) is 9.84 Å². The number of hydrogen-bond donors (Lipinski definition) is 0. The molecule has 0 aliphatic rings. The zero-order valence-corrected chi connectivity index (χ0v) is 14.3. The Hall–Kier alpha value is -2.67. The van der Waals surface area contributed by atoms with Crippen molar-refractivity contribution in [3.63, 3.8) is 0 Å². The third kappa shape index (κ3) is 3.77. The van der Waals surface area contributed by atoms with Gasteiger partial charge in [-0.15, -0.1) is 0 Å². The third-order valence-electron chi connectivity index (χ3n) is 3.87. The number of alkyl halides is 3. The van der Waals surface area contributed by atoms with Crippen molar-refractivity contribution < 1.29 is 21.6 Å². The molecule has 0 N–H and O–H groups in total. The second-order valence-electron chi connectivity index (χ2n) is 5.77. The standard InChI is InChI=1S/C19H14F3NO2S/c1-13(17-11-6-14-4-2-3-5-18(14)23-17)12-26(24,25)16-9-7-15(8-10-16)19(20,21)22/h2-11H,1,12H2. The Morgan fingerprint density at radius 1 is 0.962 bits per heavy atom. The Morgan fingerprint density at radius 2 is 1.62 bits per heavy atom. The molecule has 0 saturated heterocycles. The molecule has 0 aliphatic heterocycles. The summed E-state index contributed by atoms with van der Waals surface area (Å²) in [5.41, 5.74) is 0.513. The zero-order valence-electron chi connectivity index (χ0n) is 13.5. The molecule has 0 aliphatic carbocycles. The Bertz CT molecular complexity index is 1070. The van der Waals surface area contributed by atoms with Gasteiger partial charge in [-0.25, -0.2) is 13.4 Å². The van der Waals surface area contributed by atoms with Crippen LogP contribution in [-0.2, 0) is 16.0 Å². The molecule has 3 nitrogen and oxygen atoms in total. The lowest BCUT2D eigenvalue weighted by molar-refractivity contribution is -0.137. The van der Waals surface area contributed by atoms with Gasteiger partial charge in [-0.05, 0) is 42.0 Å². The first-order valence-corrected chi connectivity index (χ1v) is 9.26. The van der Waals surface area contributed by atoms with E-state index in [1.165, 1.54) is 0 Å². The second-order valence-corrected chi connectivity index (χ2v) is 7.76. The summed E-state index contributed by atoms with van der Waals surface area (Å²) in [6, 6.07) is 14.3. The number of benzene rings is 2. The highest BCUT2D eigenvalue weighted by molar-refractivity contribution is 7.91. The SMILES string of the molecule is C=C(CS(=O)(=O)c1ccc(C(F)(F)F)cc1)c1ccc2ccccc2n1. The molecule has 0 radical (unpaired) electrons. The fourth-order valence-corrected chi connectivity index (χ4v) is 3.82.